The molecule has 2 aromatic rings. The molecule has 0 aliphatic heterocycles. The van der Waals surface area contributed by atoms with Crippen LogP contribution in [0.4, 0.5) is 0 Å². The molecular formula is C15H18N2O5. The summed E-state index contributed by atoms with van der Waals surface area (Å²) in [7, 11) is 1.57. The van der Waals surface area contributed by atoms with Crippen molar-refractivity contribution in [1.82, 2.24) is 10.3 Å². The van der Waals surface area contributed by atoms with Gasteiger partial charge in [-0.25, -0.2) is 4.98 Å². The summed E-state index contributed by atoms with van der Waals surface area (Å²) in [6.07, 6.45) is 1.25. The number of aliphatic hydroxyl groups excluding tert-OH is 1. The Kier molecular flexibility index (Phi) is 5.37. The number of ether oxygens (including phenoxy) is 2. The molecule has 0 radical (unpaired) electrons. The maximum Gasteiger partial charge on any atom is 0.273 e. The van der Waals surface area contributed by atoms with E-state index in [0.29, 0.717) is 11.5 Å². The second kappa shape index (κ2) is 7.46. The Morgan fingerprint density at radius 3 is 2.95 bits per heavy atom. The van der Waals surface area contributed by atoms with Crippen LogP contribution in [0.5, 0.6) is 11.5 Å². The van der Waals surface area contributed by atoms with Crippen molar-refractivity contribution in [3.8, 4) is 11.5 Å². The van der Waals surface area contributed by atoms with Gasteiger partial charge in [0.25, 0.3) is 5.91 Å². The van der Waals surface area contributed by atoms with Gasteiger partial charge in [0.2, 0.25) is 5.89 Å². The number of methoxy groups -OCH3 is 1. The summed E-state index contributed by atoms with van der Waals surface area (Å²) in [4.78, 5) is 15.6. The van der Waals surface area contributed by atoms with Crippen molar-refractivity contribution in [3.63, 3.8) is 0 Å². The average molecular weight is 306 g/mol. The zero-order chi connectivity index (χ0) is 15.9. The third-order valence-corrected chi connectivity index (χ3v) is 2.85. The van der Waals surface area contributed by atoms with E-state index >= 15 is 0 Å². The summed E-state index contributed by atoms with van der Waals surface area (Å²) in [5.74, 6) is 1.05. The van der Waals surface area contributed by atoms with Crippen molar-refractivity contribution in [1.29, 1.82) is 0 Å². The molecular weight excluding hydrogens is 288 g/mol. The summed E-state index contributed by atoms with van der Waals surface area (Å²) in [6.45, 7) is 2.06. The smallest absolute Gasteiger partial charge is 0.273 e. The van der Waals surface area contributed by atoms with Gasteiger partial charge in [0.1, 0.15) is 6.26 Å². The van der Waals surface area contributed by atoms with Crippen molar-refractivity contribution >= 4 is 5.91 Å². The number of carbonyl (C=O) groups is 1. The van der Waals surface area contributed by atoms with Crippen LogP contribution in [0.25, 0.3) is 0 Å². The first kappa shape index (κ1) is 15.8. The van der Waals surface area contributed by atoms with Crippen LogP contribution in [-0.2, 0) is 6.61 Å². The predicted octanol–water partition coefficient (Wildman–Crippen LogP) is 1.29. The zero-order valence-electron chi connectivity index (χ0n) is 12.5. The van der Waals surface area contributed by atoms with Crippen molar-refractivity contribution in [3.05, 3.63) is 41.6 Å². The number of aliphatic hydroxyl groups is 1. The number of hydrogen-bond donors (Lipinski definition) is 2. The van der Waals surface area contributed by atoms with Crippen LogP contribution in [-0.4, -0.2) is 36.3 Å². The number of aryl methyl sites for hydroxylation is 1. The maximum atomic E-state index is 11.6. The quantitative estimate of drug-likeness (QED) is 0.800. The molecule has 2 N–H and O–H groups in total. The molecule has 0 saturated carbocycles. The maximum absolute atomic E-state index is 11.6. The normalized spacial score (nSPS) is 10.3. The number of benzene rings is 1. The fourth-order valence-corrected chi connectivity index (χ4v) is 1.78. The Balaban J connectivity index is 1.98. The van der Waals surface area contributed by atoms with Crippen LogP contribution >= 0.6 is 0 Å². The highest BCUT2D eigenvalue weighted by Gasteiger charge is 2.13. The van der Waals surface area contributed by atoms with E-state index < -0.39 is 5.91 Å². The molecule has 1 aromatic heterocycles. The lowest BCUT2D eigenvalue weighted by Crippen LogP contribution is -2.26. The molecule has 22 heavy (non-hydrogen) atoms. The zero-order valence-corrected chi connectivity index (χ0v) is 12.5. The molecule has 118 valence electrons. The number of nitrogens with zero attached hydrogens (tertiary/aromatic N) is 1. The SMILES string of the molecule is COc1cc(C)ccc1OCc1nc(C(=O)NCCO)co1. The molecule has 0 aliphatic rings. The third-order valence-electron chi connectivity index (χ3n) is 2.85. The van der Waals surface area contributed by atoms with E-state index in [1.165, 1.54) is 6.26 Å². The lowest BCUT2D eigenvalue weighted by molar-refractivity contribution is 0.0939. The first-order valence-corrected chi connectivity index (χ1v) is 6.75. The molecule has 0 unspecified atom stereocenters. The van der Waals surface area contributed by atoms with Crippen LogP contribution in [0.3, 0.4) is 0 Å². The van der Waals surface area contributed by atoms with E-state index in [2.05, 4.69) is 10.3 Å². The van der Waals surface area contributed by atoms with Crippen molar-refractivity contribution in [2.75, 3.05) is 20.3 Å². The van der Waals surface area contributed by atoms with Crippen LogP contribution in [0, 0.1) is 6.92 Å². The van der Waals surface area contributed by atoms with E-state index in [4.69, 9.17) is 19.0 Å². The molecule has 0 bridgehead atoms. The van der Waals surface area contributed by atoms with Gasteiger partial charge in [0.05, 0.1) is 13.7 Å². The van der Waals surface area contributed by atoms with E-state index in [9.17, 15) is 4.79 Å². The number of nitrogens with one attached hydrogen (secondary N) is 1. The van der Waals surface area contributed by atoms with E-state index in [1.54, 1.807) is 13.2 Å². The molecule has 0 aliphatic carbocycles. The standard InChI is InChI=1S/C15H18N2O5/c1-10-3-4-12(13(7-10)20-2)21-9-14-17-11(8-22-14)15(19)16-5-6-18/h3-4,7-8,18H,5-6,9H2,1-2H3,(H,16,19). The molecule has 0 fully saturated rings. The second-order valence-corrected chi connectivity index (χ2v) is 4.55. The van der Waals surface area contributed by atoms with Gasteiger partial charge in [0.15, 0.2) is 23.8 Å². The van der Waals surface area contributed by atoms with Gasteiger partial charge >= 0.3 is 0 Å². The average Bonchev–Trinajstić information content (AvgIpc) is 3.00. The first-order chi connectivity index (χ1) is 10.6. The van der Waals surface area contributed by atoms with Crippen LogP contribution < -0.4 is 14.8 Å². The minimum absolute atomic E-state index is 0.0761. The highest BCUT2D eigenvalue weighted by molar-refractivity contribution is 5.91. The van der Waals surface area contributed by atoms with Crippen LogP contribution in [0.15, 0.2) is 28.9 Å². The van der Waals surface area contributed by atoms with Gasteiger partial charge in [-0.2, -0.15) is 0 Å². The van der Waals surface area contributed by atoms with E-state index in [1.807, 2.05) is 19.1 Å². The second-order valence-electron chi connectivity index (χ2n) is 4.55. The molecule has 0 atom stereocenters. The van der Waals surface area contributed by atoms with Crippen molar-refractivity contribution in [2.24, 2.45) is 0 Å². The molecule has 1 amide bonds. The Morgan fingerprint density at radius 2 is 2.23 bits per heavy atom. The van der Waals surface area contributed by atoms with Crippen LogP contribution in [0.2, 0.25) is 0 Å². The molecule has 7 nitrogen and oxygen atoms in total. The topological polar surface area (TPSA) is 93.8 Å². The fourth-order valence-electron chi connectivity index (χ4n) is 1.78. The number of amides is 1. The number of carbonyl (C=O) groups excluding carboxylic acids is 1. The Hall–Kier alpha value is -2.54. The summed E-state index contributed by atoms with van der Waals surface area (Å²) < 4.78 is 16.0. The van der Waals surface area contributed by atoms with Crippen molar-refractivity contribution in [2.45, 2.75) is 13.5 Å². The monoisotopic (exact) mass is 306 g/mol. The number of rotatable bonds is 7. The Bertz CT molecular complexity index is 639. The molecule has 1 heterocycles. The molecule has 0 spiro atoms. The summed E-state index contributed by atoms with van der Waals surface area (Å²) >= 11 is 0. The lowest BCUT2D eigenvalue weighted by atomic mass is 10.2. The number of oxazole rings is 1. The van der Waals surface area contributed by atoms with E-state index in [-0.39, 0.29) is 31.3 Å². The number of hydrogen-bond acceptors (Lipinski definition) is 6. The third kappa shape index (κ3) is 3.98. The van der Waals surface area contributed by atoms with Gasteiger partial charge in [-0.3, -0.25) is 4.79 Å². The van der Waals surface area contributed by atoms with E-state index in [0.717, 1.165) is 5.56 Å². The first-order valence-electron chi connectivity index (χ1n) is 6.75. The Labute approximate surface area is 127 Å². The highest BCUT2D eigenvalue weighted by atomic mass is 16.5. The molecule has 1 aromatic carbocycles. The highest BCUT2D eigenvalue weighted by Crippen LogP contribution is 2.28. The number of aromatic nitrogens is 1. The van der Waals surface area contributed by atoms with Gasteiger partial charge in [-0.05, 0) is 24.6 Å². The van der Waals surface area contributed by atoms with Crippen molar-refractivity contribution < 1.29 is 23.8 Å². The molecule has 2 rings (SSSR count). The summed E-state index contributed by atoms with van der Waals surface area (Å²) in [5.41, 5.74) is 1.20. The summed E-state index contributed by atoms with van der Waals surface area (Å²) in [6, 6.07) is 5.56. The predicted molar refractivity (Wildman–Crippen MR) is 78.0 cm³/mol. The molecule has 0 saturated heterocycles. The van der Waals surface area contributed by atoms with Gasteiger partial charge < -0.3 is 24.3 Å². The molecule has 7 heteroatoms. The van der Waals surface area contributed by atoms with Gasteiger partial charge in [0, 0.05) is 6.54 Å². The fraction of sp³-hybridized carbons (Fsp3) is 0.333. The van der Waals surface area contributed by atoms with Crippen LogP contribution in [0.1, 0.15) is 21.9 Å². The van der Waals surface area contributed by atoms with Gasteiger partial charge in [-0.1, -0.05) is 6.07 Å². The van der Waals surface area contributed by atoms with Gasteiger partial charge in [-0.15, -0.1) is 0 Å². The largest absolute Gasteiger partial charge is 0.493 e. The summed E-state index contributed by atoms with van der Waals surface area (Å²) in [5, 5.41) is 11.1. The minimum atomic E-state index is -0.406. The Morgan fingerprint density at radius 1 is 1.41 bits per heavy atom. The minimum Gasteiger partial charge on any atom is -0.493 e. The lowest BCUT2D eigenvalue weighted by Gasteiger charge is -2.09.